The summed E-state index contributed by atoms with van der Waals surface area (Å²) < 4.78 is 5.37. The van der Waals surface area contributed by atoms with E-state index >= 15 is 0 Å². The van der Waals surface area contributed by atoms with E-state index in [1.165, 1.54) is 12.0 Å². The van der Waals surface area contributed by atoms with Crippen LogP contribution in [0.5, 0.6) is 5.75 Å². The van der Waals surface area contributed by atoms with E-state index in [9.17, 15) is 5.11 Å². The summed E-state index contributed by atoms with van der Waals surface area (Å²) >= 11 is 6.48. The normalized spacial score (nSPS) is 18.1. The van der Waals surface area contributed by atoms with Gasteiger partial charge < -0.3 is 20.1 Å². The first-order valence-corrected chi connectivity index (χ1v) is 12.0. The fourth-order valence-corrected chi connectivity index (χ4v) is 4.86. The van der Waals surface area contributed by atoms with Crippen molar-refractivity contribution < 1.29 is 9.84 Å². The molecule has 33 heavy (non-hydrogen) atoms. The monoisotopic (exact) mass is 465 g/mol. The molecule has 2 unspecified atom stereocenters. The second-order valence-corrected chi connectivity index (χ2v) is 9.07. The molecule has 0 amide bonds. The number of nitrogens with zero attached hydrogens (tertiary/aromatic N) is 2. The van der Waals surface area contributed by atoms with Crippen molar-refractivity contribution in [3.8, 4) is 5.75 Å². The Labute approximate surface area is 201 Å². The van der Waals surface area contributed by atoms with E-state index in [0.717, 1.165) is 54.8 Å². The second kappa shape index (κ2) is 11.6. The first-order chi connectivity index (χ1) is 16.1. The van der Waals surface area contributed by atoms with Gasteiger partial charge in [0.2, 0.25) is 0 Å². The quantitative estimate of drug-likeness (QED) is 0.438. The second-order valence-electron chi connectivity index (χ2n) is 8.66. The average molecular weight is 466 g/mol. The maximum Gasteiger partial charge on any atom is 0.119 e. The van der Waals surface area contributed by atoms with Crippen molar-refractivity contribution in [3.05, 3.63) is 77.0 Å². The molecule has 1 aliphatic rings. The molecule has 3 aromatic rings. The summed E-state index contributed by atoms with van der Waals surface area (Å²) in [5.41, 5.74) is 2.75. The summed E-state index contributed by atoms with van der Waals surface area (Å²) in [6, 6.07) is 16.0. The first kappa shape index (κ1) is 23.7. The highest BCUT2D eigenvalue weighted by Crippen LogP contribution is 2.33. The van der Waals surface area contributed by atoms with Crippen LogP contribution in [0.1, 0.15) is 30.1 Å². The highest BCUT2D eigenvalue weighted by atomic mass is 35.5. The van der Waals surface area contributed by atoms with Gasteiger partial charge in [-0.1, -0.05) is 54.1 Å². The maximum atomic E-state index is 11.1. The number of piperidine rings is 1. The highest BCUT2D eigenvalue weighted by Gasteiger charge is 2.24. The Hall–Kier alpha value is -2.44. The lowest BCUT2D eigenvalue weighted by atomic mass is 9.96. The molecule has 1 saturated heterocycles. The number of halogens is 1. The SMILES string of the molecule is COc1ccc2ncc(Cl)c(C(O)CN3CCCC(CNC/C=C/c4ccccc4)C3)c2c1. The number of methoxy groups -OCH3 is 1. The summed E-state index contributed by atoms with van der Waals surface area (Å²) in [5, 5.41) is 16.0. The lowest BCUT2D eigenvalue weighted by molar-refractivity contribution is 0.0852. The molecule has 2 N–H and O–H groups in total. The van der Waals surface area contributed by atoms with Gasteiger partial charge in [0.1, 0.15) is 5.75 Å². The van der Waals surface area contributed by atoms with Gasteiger partial charge in [-0.3, -0.25) is 4.98 Å². The fraction of sp³-hybridized carbons (Fsp3) is 0.370. The third-order valence-electron chi connectivity index (χ3n) is 6.24. The molecule has 2 atom stereocenters. The Kier molecular flexibility index (Phi) is 8.35. The van der Waals surface area contributed by atoms with Gasteiger partial charge in [0.05, 0.1) is 23.8 Å². The van der Waals surface area contributed by atoms with Crippen molar-refractivity contribution in [1.29, 1.82) is 0 Å². The van der Waals surface area contributed by atoms with Crippen LogP contribution in [-0.4, -0.2) is 54.8 Å². The van der Waals surface area contributed by atoms with Gasteiger partial charge in [-0.2, -0.15) is 0 Å². The number of aromatic nitrogens is 1. The number of rotatable bonds is 9. The molecule has 0 aliphatic carbocycles. The zero-order valence-electron chi connectivity index (χ0n) is 19.1. The van der Waals surface area contributed by atoms with Crippen LogP contribution in [0.15, 0.2) is 60.8 Å². The molecule has 4 rings (SSSR count). The predicted octanol–water partition coefficient (Wildman–Crippen LogP) is 4.95. The fourth-order valence-electron chi connectivity index (χ4n) is 4.58. The van der Waals surface area contributed by atoms with Crippen molar-refractivity contribution in [2.75, 3.05) is 39.8 Å². The number of aliphatic hydroxyl groups is 1. The van der Waals surface area contributed by atoms with Gasteiger partial charge in [-0.15, -0.1) is 0 Å². The molecule has 174 valence electrons. The van der Waals surface area contributed by atoms with Crippen LogP contribution < -0.4 is 10.1 Å². The number of fused-ring (bicyclic) bond motifs is 1. The molecular formula is C27H32ClN3O2. The Balaban J connectivity index is 1.33. The number of benzene rings is 2. The summed E-state index contributed by atoms with van der Waals surface area (Å²) in [4.78, 5) is 6.75. The highest BCUT2D eigenvalue weighted by molar-refractivity contribution is 6.32. The smallest absolute Gasteiger partial charge is 0.119 e. The van der Waals surface area contributed by atoms with E-state index in [0.29, 0.717) is 17.5 Å². The van der Waals surface area contributed by atoms with Crippen LogP contribution in [0.25, 0.3) is 17.0 Å². The predicted molar refractivity (Wildman–Crippen MR) is 136 cm³/mol. The summed E-state index contributed by atoms with van der Waals surface area (Å²) in [5.74, 6) is 1.30. The van der Waals surface area contributed by atoms with Crippen LogP contribution in [0.2, 0.25) is 5.02 Å². The van der Waals surface area contributed by atoms with E-state index < -0.39 is 6.10 Å². The molecule has 6 heteroatoms. The van der Waals surface area contributed by atoms with Gasteiger partial charge >= 0.3 is 0 Å². The van der Waals surface area contributed by atoms with Crippen LogP contribution in [0.3, 0.4) is 0 Å². The van der Waals surface area contributed by atoms with E-state index in [4.69, 9.17) is 16.3 Å². The molecule has 1 aromatic heterocycles. The zero-order valence-corrected chi connectivity index (χ0v) is 19.8. The van der Waals surface area contributed by atoms with Crippen LogP contribution in [0, 0.1) is 5.92 Å². The molecule has 0 saturated carbocycles. The first-order valence-electron chi connectivity index (χ1n) is 11.6. The third-order valence-corrected chi connectivity index (χ3v) is 6.54. The van der Waals surface area contributed by atoms with Crippen LogP contribution in [0.4, 0.5) is 0 Å². The molecule has 0 spiro atoms. The van der Waals surface area contributed by atoms with Gasteiger partial charge in [0.15, 0.2) is 0 Å². The number of pyridine rings is 1. The molecule has 2 heterocycles. The number of β-amino-alcohol motifs (C(OH)–C–C–N with tert-alkyl or cyclic N) is 1. The van der Waals surface area contributed by atoms with Crippen molar-refractivity contribution >= 4 is 28.6 Å². The van der Waals surface area contributed by atoms with E-state index in [1.54, 1.807) is 13.3 Å². The van der Waals surface area contributed by atoms with Crippen molar-refractivity contribution in [2.24, 2.45) is 5.92 Å². The van der Waals surface area contributed by atoms with Gasteiger partial charge in [-0.05, 0) is 55.6 Å². The largest absolute Gasteiger partial charge is 0.497 e. The number of likely N-dealkylation sites (tertiary alicyclic amines) is 1. The maximum absolute atomic E-state index is 11.1. The molecule has 1 aliphatic heterocycles. The Bertz CT molecular complexity index is 1070. The van der Waals surface area contributed by atoms with Gasteiger partial charge in [-0.25, -0.2) is 0 Å². The number of hydrogen-bond acceptors (Lipinski definition) is 5. The van der Waals surface area contributed by atoms with Gasteiger partial charge in [0, 0.05) is 36.8 Å². The van der Waals surface area contributed by atoms with Crippen LogP contribution >= 0.6 is 11.6 Å². The number of ether oxygens (including phenoxy) is 1. The number of aliphatic hydroxyl groups excluding tert-OH is 1. The van der Waals surface area contributed by atoms with Crippen molar-refractivity contribution in [3.63, 3.8) is 0 Å². The molecule has 0 radical (unpaired) electrons. The van der Waals surface area contributed by atoms with Crippen LogP contribution in [-0.2, 0) is 0 Å². The molecule has 5 nitrogen and oxygen atoms in total. The summed E-state index contributed by atoms with van der Waals surface area (Å²) in [6.07, 6.45) is 7.60. The van der Waals surface area contributed by atoms with Crippen molar-refractivity contribution in [1.82, 2.24) is 15.2 Å². The standard InChI is InChI=1S/C27H32ClN3O2/c1-33-22-11-12-25-23(15-22)27(24(28)17-30-25)26(32)19-31-14-6-10-21(18-31)16-29-13-5-9-20-7-3-2-4-8-20/h2-5,7-9,11-12,15,17,21,26,29,32H,6,10,13-14,16,18-19H2,1H3/b9-5+. The average Bonchev–Trinajstić information content (AvgIpc) is 2.84. The lowest BCUT2D eigenvalue weighted by Crippen LogP contribution is -2.41. The molecule has 2 aromatic carbocycles. The zero-order chi connectivity index (χ0) is 23.0. The summed E-state index contributed by atoms with van der Waals surface area (Å²) in [7, 11) is 1.63. The minimum Gasteiger partial charge on any atom is -0.497 e. The molecular weight excluding hydrogens is 434 g/mol. The number of hydrogen-bond donors (Lipinski definition) is 2. The van der Waals surface area contributed by atoms with Crippen molar-refractivity contribution in [2.45, 2.75) is 18.9 Å². The third kappa shape index (κ3) is 6.33. The lowest BCUT2D eigenvalue weighted by Gasteiger charge is -2.34. The Morgan fingerprint density at radius 2 is 2.12 bits per heavy atom. The van der Waals surface area contributed by atoms with E-state index in [2.05, 4.69) is 51.6 Å². The topological polar surface area (TPSA) is 57.6 Å². The molecule has 0 bridgehead atoms. The van der Waals surface area contributed by atoms with Gasteiger partial charge in [0.25, 0.3) is 0 Å². The Morgan fingerprint density at radius 1 is 1.27 bits per heavy atom. The molecule has 1 fully saturated rings. The summed E-state index contributed by atoms with van der Waals surface area (Å²) in [6.45, 7) is 4.35. The van der Waals surface area contributed by atoms with E-state index in [-0.39, 0.29) is 0 Å². The number of nitrogens with one attached hydrogen (secondary N) is 1. The van der Waals surface area contributed by atoms with E-state index in [1.807, 2.05) is 24.3 Å². The minimum atomic E-state index is -0.685. The minimum absolute atomic E-state index is 0.490. The Morgan fingerprint density at radius 3 is 2.94 bits per heavy atom.